The molecule has 0 radical (unpaired) electrons. The van der Waals surface area contributed by atoms with Crippen molar-refractivity contribution in [3.63, 3.8) is 0 Å². The molecule has 1 aromatic heterocycles. The van der Waals surface area contributed by atoms with E-state index in [4.69, 9.17) is 9.15 Å². The molecule has 4 rings (SSSR count). The molecular weight excluding hydrogens is 410 g/mol. The predicted octanol–water partition coefficient (Wildman–Crippen LogP) is 2.34. The molecule has 0 saturated carbocycles. The molecule has 3 N–H and O–H groups in total. The number of anilines is 2. The van der Waals surface area contributed by atoms with Gasteiger partial charge in [-0.15, -0.1) is 0 Å². The highest BCUT2D eigenvalue weighted by Crippen LogP contribution is 2.30. The first-order chi connectivity index (χ1) is 14.4. The molecule has 0 bridgehead atoms. The summed E-state index contributed by atoms with van der Waals surface area (Å²) in [6.45, 7) is -0.0273. The minimum absolute atomic E-state index is 0.0240. The Labute approximate surface area is 172 Å². The monoisotopic (exact) mass is 427 g/mol. The molecule has 1 aliphatic heterocycles. The second-order valence-electron chi connectivity index (χ2n) is 6.43. The molecule has 2 amide bonds. The minimum Gasteiger partial charge on any atom is -0.482 e. The summed E-state index contributed by atoms with van der Waals surface area (Å²) >= 11 is 0. The number of furan rings is 1. The Bertz CT molecular complexity index is 1190. The molecule has 2 heterocycles. The van der Waals surface area contributed by atoms with Crippen molar-refractivity contribution in [3.8, 4) is 5.75 Å². The van der Waals surface area contributed by atoms with Gasteiger partial charge in [-0.1, -0.05) is 0 Å². The van der Waals surface area contributed by atoms with Gasteiger partial charge in [-0.2, -0.15) is 0 Å². The summed E-state index contributed by atoms with van der Waals surface area (Å²) in [6.07, 6.45) is 1.46. The number of benzene rings is 2. The number of carbonyl (C=O) groups is 2. The smallest absolute Gasteiger partial charge is 0.262 e. The first-order valence-corrected chi connectivity index (χ1v) is 10.4. The van der Waals surface area contributed by atoms with E-state index in [-0.39, 0.29) is 29.5 Å². The highest BCUT2D eigenvalue weighted by molar-refractivity contribution is 7.89. The van der Waals surface area contributed by atoms with Crippen LogP contribution in [0.3, 0.4) is 0 Å². The van der Waals surface area contributed by atoms with Crippen molar-refractivity contribution >= 4 is 33.2 Å². The SMILES string of the molecule is O=C1COc2ccc(NC(=O)c3ccc(S(=O)(=O)NCc4ccco4)cc3)cc2N1. The van der Waals surface area contributed by atoms with Gasteiger partial charge in [-0.25, -0.2) is 13.1 Å². The lowest BCUT2D eigenvalue weighted by molar-refractivity contribution is -0.118. The van der Waals surface area contributed by atoms with Crippen LogP contribution in [0.1, 0.15) is 16.1 Å². The average molecular weight is 427 g/mol. The van der Waals surface area contributed by atoms with E-state index < -0.39 is 15.9 Å². The predicted molar refractivity (Wildman–Crippen MR) is 108 cm³/mol. The number of nitrogens with one attached hydrogen (secondary N) is 3. The highest BCUT2D eigenvalue weighted by atomic mass is 32.2. The van der Waals surface area contributed by atoms with Crippen LogP contribution in [0.25, 0.3) is 0 Å². The van der Waals surface area contributed by atoms with E-state index in [2.05, 4.69) is 15.4 Å². The molecule has 3 aromatic rings. The third kappa shape index (κ3) is 4.34. The van der Waals surface area contributed by atoms with Crippen molar-refractivity contribution in [3.05, 3.63) is 72.2 Å². The molecule has 30 heavy (non-hydrogen) atoms. The van der Waals surface area contributed by atoms with Crippen LogP contribution in [0.15, 0.2) is 70.2 Å². The Hall–Kier alpha value is -3.63. The zero-order valence-electron chi connectivity index (χ0n) is 15.5. The van der Waals surface area contributed by atoms with E-state index in [1.54, 1.807) is 30.3 Å². The third-order valence-electron chi connectivity index (χ3n) is 4.31. The van der Waals surface area contributed by atoms with Crippen LogP contribution in [0.4, 0.5) is 11.4 Å². The number of fused-ring (bicyclic) bond motifs is 1. The number of hydrogen-bond donors (Lipinski definition) is 3. The van der Waals surface area contributed by atoms with E-state index in [0.29, 0.717) is 22.9 Å². The fourth-order valence-corrected chi connectivity index (χ4v) is 3.81. The average Bonchev–Trinajstić information content (AvgIpc) is 3.26. The van der Waals surface area contributed by atoms with Gasteiger partial charge >= 0.3 is 0 Å². The number of amides is 2. The van der Waals surface area contributed by atoms with E-state index in [1.165, 1.54) is 30.5 Å². The molecule has 10 heteroatoms. The molecule has 0 unspecified atom stereocenters. The van der Waals surface area contributed by atoms with Crippen LogP contribution in [0.2, 0.25) is 0 Å². The molecule has 0 atom stereocenters. The summed E-state index contributed by atoms with van der Waals surface area (Å²) in [5.74, 6) is 0.305. The second kappa shape index (κ2) is 8.01. The molecule has 2 aromatic carbocycles. The van der Waals surface area contributed by atoms with Crippen LogP contribution >= 0.6 is 0 Å². The number of rotatable bonds is 6. The van der Waals surface area contributed by atoms with Gasteiger partial charge in [-0.3, -0.25) is 9.59 Å². The van der Waals surface area contributed by atoms with Crippen molar-refractivity contribution < 1.29 is 27.2 Å². The van der Waals surface area contributed by atoms with E-state index in [1.807, 2.05) is 0 Å². The third-order valence-corrected chi connectivity index (χ3v) is 5.73. The van der Waals surface area contributed by atoms with Gasteiger partial charge in [0.1, 0.15) is 11.5 Å². The molecule has 1 aliphatic rings. The van der Waals surface area contributed by atoms with Gasteiger partial charge in [0.15, 0.2) is 6.61 Å². The lowest BCUT2D eigenvalue weighted by Gasteiger charge is -2.18. The fraction of sp³-hybridized carbons (Fsp3) is 0.100. The Morgan fingerprint density at radius 1 is 1.10 bits per heavy atom. The summed E-state index contributed by atoms with van der Waals surface area (Å²) in [4.78, 5) is 23.9. The molecular formula is C20H17N3O6S. The normalized spacial score (nSPS) is 13.1. The maximum absolute atomic E-state index is 12.5. The largest absolute Gasteiger partial charge is 0.482 e. The van der Waals surface area contributed by atoms with Crippen LogP contribution in [0, 0.1) is 0 Å². The van der Waals surface area contributed by atoms with E-state index >= 15 is 0 Å². The number of carbonyl (C=O) groups excluding carboxylic acids is 2. The van der Waals surface area contributed by atoms with Gasteiger partial charge in [-0.05, 0) is 54.6 Å². The van der Waals surface area contributed by atoms with Gasteiger partial charge in [0, 0.05) is 11.3 Å². The molecule has 9 nitrogen and oxygen atoms in total. The second-order valence-corrected chi connectivity index (χ2v) is 8.20. The number of ether oxygens (including phenoxy) is 1. The van der Waals surface area contributed by atoms with Crippen LogP contribution in [-0.2, 0) is 21.4 Å². The summed E-state index contributed by atoms with van der Waals surface area (Å²) < 4.78 is 37.5. The Morgan fingerprint density at radius 3 is 2.63 bits per heavy atom. The standard InChI is InChI=1S/C20H17N3O6S/c24-19-12-29-18-8-5-14(10-17(18)23-19)22-20(25)13-3-6-16(7-4-13)30(26,27)21-11-15-2-1-9-28-15/h1-10,21H,11-12H2,(H,22,25)(H,23,24). The van der Waals surface area contributed by atoms with Gasteiger partial charge in [0.2, 0.25) is 10.0 Å². The minimum atomic E-state index is -3.75. The fourth-order valence-electron chi connectivity index (χ4n) is 2.81. The van der Waals surface area contributed by atoms with Crippen molar-refractivity contribution in [2.45, 2.75) is 11.4 Å². The molecule has 0 spiro atoms. The molecule has 154 valence electrons. The molecule has 0 fully saturated rings. The van der Waals surface area contributed by atoms with Crippen molar-refractivity contribution in [1.82, 2.24) is 4.72 Å². The highest BCUT2D eigenvalue weighted by Gasteiger charge is 2.18. The first-order valence-electron chi connectivity index (χ1n) is 8.91. The van der Waals surface area contributed by atoms with Crippen molar-refractivity contribution in [1.29, 1.82) is 0 Å². The molecule has 0 saturated heterocycles. The maximum atomic E-state index is 12.5. The summed E-state index contributed by atoms with van der Waals surface area (Å²) in [5, 5.41) is 5.37. The number of sulfonamides is 1. The Kier molecular flexibility index (Phi) is 5.25. The van der Waals surface area contributed by atoms with E-state index in [9.17, 15) is 18.0 Å². The van der Waals surface area contributed by atoms with Crippen LogP contribution in [-0.4, -0.2) is 26.8 Å². The van der Waals surface area contributed by atoms with Crippen LogP contribution < -0.4 is 20.1 Å². The summed E-state index contributed by atoms with van der Waals surface area (Å²) in [7, 11) is -3.75. The Balaban J connectivity index is 1.43. The van der Waals surface area contributed by atoms with E-state index in [0.717, 1.165) is 0 Å². The first kappa shape index (κ1) is 19.7. The Morgan fingerprint density at radius 2 is 1.90 bits per heavy atom. The quantitative estimate of drug-likeness (QED) is 0.554. The van der Waals surface area contributed by atoms with Crippen molar-refractivity contribution in [2.75, 3.05) is 17.2 Å². The number of hydrogen-bond acceptors (Lipinski definition) is 6. The lowest BCUT2D eigenvalue weighted by Crippen LogP contribution is -2.25. The lowest BCUT2D eigenvalue weighted by atomic mass is 10.2. The zero-order valence-corrected chi connectivity index (χ0v) is 16.4. The van der Waals surface area contributed by atoms with Gasteiger partial charge in [0.25, 0.3) is 11.8 Å². The topological polar surface area (TPSA) is 127 Å². The summed E-state index contributed by atoms with van der Waals surface area (Å²) in [6, 6.07) is 13.7. The van der Waals surface area contributed by atoms with Gasteiger partial charge in [0.05, 0.1) is 23.4 Å². The summed E-state index contributed by atoms with van der Waals surface area (Å²) in [5.41, 5.74) is 1.20. The zero-order chi connectivity index (χ0) is 21.1. The maximum Gasteiger partial charge on any atom is 0.262 e. The van der Waals surface area contributed by atoms with Crippen LogP contribution in [0.5, 0.6) is 5.75 Å². The van der Waals surface area contributed by atoms with Gasteiger partial charge < -0.3 is 19.8 Å². The molecule has 0 aliphatic carbocycles. The van der Waals surface area contributed by atoms with Crippen molar-refractivity contribution in [2.24, 2.45) is 0 Å².